The van der Waals surface area contributed by atoms with Gasteiger partial charge in [-0.15, -0.1) is 0 Å². The third kappa shape index (κ3) is 2.23. The molecule has 2 aromatic heterocycles. The minimum absolute atomic E-state index is 0. The van der Waals surface area contributed by atoms with Crippen LogP contribution in [-0.4, -0.2) is 33.0 Å². The first kappa shape index (κ1) is 12.6. The fourth-order valence-corrected chi connectivity index (χ4v) is 1.98. The number of nitrogens with one attached hydrogen (secondary N) is 3. The molecule has 0 bridgehead atoms. The van der Waals surface area contributed by atoms with Gasteiger partial charge in [0.15, 0.2) is 11.5 Å². The average Bonchev–Trinajstić information content (AvgIpc) is 3.07. The average molecular weight is 248 g/mol. The summed E-state index contributed by atoms with van der Waals surface area (Å²) < 4.78 is 0. The Kier molecular flexibility index (Phi) is 3.36. The molecule has 0 aromatic carbocycles. The van der Waals surface area contributed by atoms with E-state index < -0.39 is 0 Å². The van der Waals surface area contributed by atoms with E-state index in [0.717, 1.165) is 17.3 Å². The maximum Gasteiger partial charge on any atom is 0.226 e. The molecule has 6 heteroatoms. The largest absolute Gasteiger partial charge is 0.365 e. The molecule has 18 heavy (non-hydrogen) atoms. The summed E-state index contributed by atoms with van der Waals surface area (Å²) >= 11 is 0. The van der Waals surface area contributed by atoms with Crippen molar-refractivity contribution in [3.63, 3.8) is 0 Å². The summed E-state index contributed by atoms with van der Waals surface area (Å²) in [5.41, 5.74) is 1.56. The van der Waals surface area contributed by atoms with Gasteiger partial charge in [0.2, 0.25) is 5.95 Å². The van der Waals surface area contributed by atoms with Crippen LogP contribution in [0, 0.1) is 5.92 Å². The summed E-state index contributed by atoms with van der Waals surface area (Å²) in [5, 5.41) is 6.40. The van der Waals surface area contributed by atoms with Crippen LogP contribution in [0.25, 0.3) is 11.2 Å². The van der Waals surface area contributed by atoms with Crippen LogP contribution in [0.2, 0.25) is 0 Å². The third-order valence-corrected chi connectivity index (χ3v) is 3.20. The summed E-state index contributed by atoms with van der Waals surface area (Å²) in [4.78, 5) is 16.0. The molecule has 1 fully saturated rings. The van der Waals surface area contributed by atoms with Crippen LogP contribution in [0.5, 0.6) is 0 Å². The molecule has 0 unspecified atom stereocenters. The molecular formula is C12H20N6. The standard InChI is InChI=1S/C11H16N6.CH4/c1-6(7-3-4-7)15-10-8-9(14-5-13-8)16-11(12-2)17-10;/h5-7H,3-4H2,1-2H3,(H3,12,13,14,15,16,17);1H4/t6-;/m0./s1. The van der Waals surface area contributed by atoms with Gasteiger partial charge >= 0.3 is 0 Å². The normalized spacial score (nSPS) is 16.1. The number of aromatic amines is 1. The first-order valence-corrected chi connectivity index (χ1v) is 5.93. The first-order valence-electron chi connectivity index (χ1n) is 5.93. The molecule has 0 radical (unpaired) electrons. The van der Waals surface area contributed by atoms with Gasteiger partial charge in [-0.2, -0.15) is 9.97 Å². The Morgan fingerprint density at radius 1 is 1.39 bits per heavy atom. The Balaban J connectivity index is 0.00000120. The topological polar surface area (TPSA) is 78.5 Å². The monoisotopic (exact) mass is 248 g/mol. The fourth-order valence-electron chi connectivity index (χ4n) is 1.98. The van der Waals surface area contributed by atoms with Crippen LogP contribution < -0.4 is 10.6 Å². The second-order valence-electron chi connectivity index (χ2n) is 4.52. The predicted molar refractivity (Wildman–Crippen MR) is 73.8 cm³/mol. The van der Waals surface area contributed by atoms with Crippen molar-refractivity contribution in [3.05, 3.63) is 6.33 Å². The number of fused-ring (bicyclic) bond motifs is 1. The van der Waals surface area contributed by atoms with Gasteiger partial charge in [-0.05, 0) is 25.7 Å². The Morgan fingerprint density at radius 3 is 2.83 bits per heavy atom. The zero-order chi connectivity index (χ0) is 11.8. The summed E-state index contributed by atoms with van der Waals surface area (Å²) in [7, 11) is 1.81. The number of hydrogen-bond acceptors (Lipinski definition) is 5. The third-order valence-electron chi connectivity index (χ3n) is 3.20. The summed E-state index contributed by atoms with van der Waals surface area (Å²) in [6, 6.07) is 0.445. The number of nitrogens with zero attached hydrogens (tertiary/aromatic N) is 3. The van der Waals surface area contributed by atoms with Gasteiger partial charge in [0.05, 0.1) is 6.33 Å². The Bertz CT molecular complexity index is 530. The summed E-state index contributed by atoms with van der Waals surface area (Å²) in [6.07, 6.45) is 4.26. The van der Waals surface area contributed by atoms with Gasteiger partial charge < -0.3 is 15.6 Å². The van der Waals surface area contributed by atoms with Crippen molar-refractivity contribution in [1.82, 2.24) is 19.9 Å². The zero-order valence-electron chi connectivity index (χ0n) is 9.99. The van der Waals surface area contributed by atoms with E-state index in [1.807, 2.05) is 7.05 Å². The molecule has 1 atom stereocenters. The van der Waals surface area contributed by atoms with Crippen molar-refractivity contribution in [2.75, 3.05) is 17.7 Å². The van der Waals surface area contributed by atoms with Crippen LogP contribution >= 0.6 is 0 Å². The molecule has 2 aromatic rings. The molecule has 1 aliphatic carbocycles. The molecule has 0 amide bonds. The van der Waals surface area contributed by atoms with Crippen LogP contribution in [0.15, 0.2) is 6.33 Å². The number of anilines is 2. The molecule has 0 aliphatic heterocycles. The van der Waals surface area contributed by atoms with Crippen molar-refractivity contribution in [1.29, 1.82) is 0 Å². The first-order chi connectivity index (χ1) is 8.28. The molecule has 3 rings (SSSR count). The lowest BCUT2D eigenvalue weighted by atomic mass is 10.2. The Morgan fingerprint density at radius 2 is 2.17 bits per heavy atom. The van der Waals surface area contributed by atoms with E-state index in [0.29, 0.717) is 17.6 Å². The van der Waals surface area contributed by atoms with E-state index >= 15 is 0 Å². The number of imidazole rings is 1. The minimum atomic E-state index is 0. The van der Waals surface area contributed by atoms with Gasteiger partial charge in [-0.25, -0.2) is 4.98 Å². The quantitative estimate of drug-likeness (QED) is 0.773. The smallest absolute Gasteiger partial charge is 0.226 e. The Hall–Kier alpha value is -1.85. The number of H-pyrrole nitrogens is 1. The van der Waals surface area contributed by atoms with E-state index in [-0.39, 0.29) is 7.43 Å². The molecule has 1 aliphatic rings. The molecule has 0 spiro atoms. The van der Waals surface area contributed by atoms with Gasteiger partial charge in [0.1, 0.15) is 5.52 Å². The second kappa shape index (κ2) is 4.80. The van der Waals surface area contributed by atoms with Gasteiger partial charge in [-0.1, -0.05) is 7.43 Å². The highest BCUT2D eigenvalue weighted by molar-refractivity contribution is 5.83. The molecule has 0 saturated heterocycles. The lowest BCUT2D eigenvalue weighted by Gasteiger charge is -2.14. The summed E-state index contributed by atoms with van der Waals surface area (Å²) in [6.45, 7) is 2.20. The van der Waals surface area contributed by atoms with Gasteiger partial charge in [0, 0.05) is 13.1 Å². The van der Waals surface area contributed by atoms with Crippen LogP contribution in [0.3, 0.4) is 0 Å². The predicted octanol–water partition coefficient (Wildman–Crippen LogP) is 2.24. The zero-order valence-corrected chi connectivity index (χ0v) is 9.99. The fraction of sp³-hybridized carbons (Fsp3) is 0.583. The molecule has 3 N–H and O–H groups in total. The molecule has 1 saturated carbocycles. The van der Waals surface area contributed by atoms with Crippen LogP contribution in [0.1, 0.15) is 27.2 Å². The lowest BCUT2D eigenvalue weighted by molar-refractivity contribution is 0.691. The number of rotatable bonds is 4. The van der Waals surface area contributed by atoms with E-state index in [1.165, 1.54) is 12.8 Å². The maximum absolute atomic E-state index is 4.44. The van der Waals surface area contributed by atoms with Crippen LogP contribution in [0.4, 0.5) is 11.8 Å². The van der Waals surface area contributed by atoms with Gasteiger partial charge in [0.25, 0.3) is 0 Å². The minimum Gasteiger partial charge on any atom is -0.365 e. The van der Waals surface area contributed by atoms with Crippen molar-refractivity contribution >= 4 is 22.9 Å². The van der Waals surface area contributed by atoms with Gasteiger partial charge in [-0.3, -0.25) is 0 Å². The van der Waals surface area contributed by atoms with E-state index in [9.17, 15) is 0 Å². The number of aromatic nitrogens is 4. The molecule has 2 heterocycles. The maximum atomic E-state index is 4.44. The second-order valence-corrected chi connectivity index (χ2v) is 4.52. The molecular weight excluding hydrogens is 228 g/mol. The lowest BCUT2D eigenvalue weighted by Crippen LogP contribution is -2.19. The van der Waals surface area contributed by atoms with Crippen molar-refractivity contribution in [2.45, 2.75) is 33.2 Å². The Labute approximate surface area is 107 Å². The highest BCUT2D eigenvalue weighted by atomic mass is 15.2. The van der Waals surface area contributed by atoms with Crippen molar-refractivity contribution < 1.29 is 0 Å². The van der Waals surface area contributed by atoms with E-state index in [2.05, 4.69) is 37.5 Å². The molecule has 98 valence electrons. The van der Waals surface area contributed by atoms with Crippen molar-refractivity contribution in [2.24, 2.45) is 5.92 Å². The number of hydrogen-bond donors (Lipinski definition) is 3. The summed E-state index contributed by atoms with van der Waals surface area (Å²) in [5.74, 6) is 2.20. The SMILES string of the molecule is C.CNc1nc(N[C@@H](C)C2CC2)c2[nH]cnc2n1. The van der Waals surface area contributed by atoms with E-state index in [1.54, 1.807) is 6.33 Å². The highest BCUT2D eigenvalue weighted by Gasteiger charge is 2.28. The molecule has 6 nitrogen and oxygen atoms in total. The highest BCUT2D eigenvalue weighted by Crippen LogP contribution is 2.34. The van der Waals surface area contributed by atoms with Crippen LogP contribution in [-0.2, 0) is 0 Å². The van der Waals surface area contributed by atoms with Crippen molar-refractivity contribution in [3.8, 4) is 0 Å². The van der Waals surface area contributed by atoms with E-state index in [4.69, 9.17) is 0 Å².